The quantitative estimate of drug-likeness (QED) is 0.240. The van der Waals surface area contributed by atoms with Crippen LogP contribution >= 0.6 is 0 Å². The molecule has 3 heteroatoms. The van der Waals surface area contributed by atoms with Gasteiger partial charge in [0, 0.05) is 17.8 Å². The van der Waals surface area contributed by atoms with Gasteiger partial charge in [0.15, 0.2) is 0 Å². The second kappa shape index (κ2) is 12.2. The minimum Gasteiger partial charge on any atom is -0.374 e. The van der Waals surface area contributed by atoms with Crippen molar-refractivity contribution in [3.63, 3.8) is 0 Å². The van der Waals surface area contributed by atoms with E-state index in [-0.39, 0.29) is 24.0 Å². The maximum atomic E-state index is 14.3. The lowest BCUT2D eigenvalue weighted by Crippen LogP contribution is -2.43. The Balaban J connectivity index is 1.91. The van der Waals surface area contributed by atoms with Gasteiger partial charge < -0.3 is 10.2 Å². The van der Waals surface area contributed by atoms with E-state index < -0.39 is 0 Å². The van der Waals surface area contributed by atoms with Gasteiger partial charge in [-0.3, -0.25) is 4.79 Å². The van der Waals surface area contributed by atoms with Gasteiger partial charge in [-0.25, -0.2) is 0 Å². The lowest BCUT2D eigenvalue weighted by atomic mass is 9.89. The van der Waals surface area contributed by atoms with E-state index >= 15 is 0 Å². The zero-order valence-corrected chi connectivity index (χ0v) is 22.1. The lowest BCUT2D eigenvalue weighted by Gasteiger charge is -2.33. The number of benzene rings is 4. The minimum absolute atomic E-state index is 0.0455. The number of hydrogen-bond acceptors (Lipinski definition) is 2. The maximum absolute atomic E-state index is 14.3. The summed E-state index contributed by atoms with van der Waals surface area (Å²) in [5.74, 6) is 0.0455. The van der Waals surface area contributed by atoms with E-state index in [1.165, 1.54) is 0 Å². The Morgan fingerprint density at radius 3 is 1.84 bits per heavy atom. The second-order valence-corrected chi connectivity index (χ2v) is 9.81. The van der Waals surface area contributed by atoms with Gasteiger partial charge in [0.1, 0.15) is 0 Å². The molecule has 4 rings (SSSR count). The highest BCUT2D eigenvalue weighted by Crippen LogP contribution is 2.33. The van der Waals surface area contributed by atoms with Crippen molar-refractivity contribution >= 4 is 23.7 Å². The van der Waals surface area contributed by atoms with Gasteiger partial charge in [0.05, 0.1) is 11.6 Å². The molecule has 0 saturated heterocycles. The fourth-order valence-corrected chi connectivity index (χ4v) is 4.85. The summed E-state index contributed by atoms with van der Waals surface area (Å²) in [4.78, 5) is 16.3. The van der Waals surface area contributed by atoms with Gasteiger partial charge in [0.2, 0.25) is 0 Å². The molecule has 3 nitrogen and oxygen atoms in total. The van der Waals surface area contributed by atoms with Crippen molar-refractivity contribution in [2.24, 2.45) is 0 Å². The van der Waals surface area contributed by atoms with E-state index in [0.717, 1.165) is 33.5 Å². The van der Waals surface area contributed by atoms with Crippen molar-refractivity contribution in [2.45, 2.75) is 45.8 Å². The molecule has 0 bridgehead atoms. The molecule has 0 fully saturated rings. The molecule has 0 saturated carbocycles. The Morgan fingerprint density at radius 2 is 1.24 bits per heavy atom. The molecule has 0 radical (unpaired) electrons. The minimum atomic E-state index is -0.200. The summed E-state index contributed by atoms with van der Waals surface area (Å²) in [7, 11) is 0. The van der Waals surface area contributed by atoms with Crippen LogP contribution in [0.5, 0.6) is 0 Å². The number of hydrogen-bond donors (Lipinski definition) is 1. The van der Waals surface area contributed by atoms with Gasteiger partial charge in [-0.2, -0.15) is 0 Å². The summed E-state index contributed by atoms with van der Waals surface area (Å²) < 4.78 is 0. The highest BCUT2D eigenvalue weighted by atomic mass is 16.2. The van der Waals surface area contributed by atoms with Crippen molar-refractivity contribution in [2.75, 3.05) is 5.32 Å². The molecule has 0 aromatic heterocycles. The van der Waals surface area contributed by atoms with Crippen LogP contribution in [0.15, 0.2) is 109 Å². The zero-order valence-electron chi connectivity index (χ0n) is 22.1. The molecule has 4 aromatic carbocycles. The van der Waals surface area contributed by atoms with Crippen LogP contribution in [0, 0.1) is 0 Å². The first-order valence-electron chi connectivity index (χ1n) is 13.0. The summed E-state index contributed by atoms with van der Waals surface area (Å²) in [5, 5.41) is 3.71. The SMILES string of the molecule is CC(C)N(C(=O)c1c(/C=C/c2ccccc2)cccc1[C@@H](Nc1ccccc1)c1ccccc1)C(C)C. The number of anilines is 1. The van der Waals surface area contributed by atoms with Gasteiger partial charge in [0.25, 0.3) is 5.91 Å². The Bertz CT molecular complexity index is 1300. The number of carbonyl (C=O) groups is 1. The molecule has 0 aliphatic heterocycles. The number of amides is 1. The fraction of sp³-hybridized carbons (Fsp3) is 0.206. The van der Waals surface area contributed by atoms with Crippen LogP contribution in [0.25, 0.3) is 12.2 Å². The van der Waals surface area contributed by atoms with Crippen LogP contribution in [0.4, 0.5) is 5.69 Å². The third kappa shape index (κ3) is 6.37. The zero-order chi connectivity index (χ0) is 26.2. The summed E-state index contributed by atoms with van der Waals surface area (Å²) in [6.45, 7) is 8.32. The Kier molecular flexibility index (Phi) is 8.58. The first kappa shape index (κ1) is 26.0. The molecule has 1 amide bonds. The topological polar surface area (TPSA) is 32.3 Å². The highest BCUT2D eigenvalue weighted by Gasteiger charge is 2.29. The van der Waals surface area contributed by atoms with E-state index in [2.05, 4.69) is 93.7 Å². The van der Waals surface area contributed by atoms with Crippen molar-refractivity contribution in [1.29, 1.82) is 0 Å². The number of nitrogens with zero attached hydrogens (tertiary/aromatic N) is 1. The molecule has 37 heavy (non-hydrogen) atoms. The summed E-state index contributed by atoms with van der Waals surface area (Å²) in [5.41, 5.74) is 5.80. The van der Waals surface area contributed by atoms with Crippen molar-refractivity contribution in [1.82, 2.24) is 4.90 Å². The molecule has 0 heterocycles. The van der Waals surface area contributed by atoms with Crippen LogP contribution in [-0.2, 0) is 0 Å². The summed E-state index contributed by atoms with van der Waals surface area (Å²) in [6, 6.07) is 36.8. The van der Waals surface area contributed by atoms with Gasteiger partial charge >= 0.3 is 0 Å². The molecule has 0 spiro atoms. The smallest absolute Gasteiger partial charge is 0.255 e. The largest absolute Gasteiger partial charge is 0.374 e. The van der Waals surface area contributed by atoms with Crippen molar-refractivity contribution < 1.29 is 4.79 Å². The third-order valence-corrected chi connectivity index (χ3v) is 6.47. The average molecular weight is 489 g/mol. The van der Waals surface area contributed by atoms with E-state index in [1.807, 2.05) is 65.6 Å². The standard InChI is InChI=1S/C34H36N2O/c1-25(2)36(26(3)4)34(37)32-28(24-23-27-15-8-5-9-16-27)19-14-22-31(32)33(29-17-10-6-11-18-29)35-30-20-12-7-13-21-30/h5-26,33,35H,1-4H3/b24-23+/t33-/m0/s1. The predicted molar refractivity (Wildman–Crippen MR) is 157 cm³/mol. The van der Waals surface area contributed by atoms with Crippen molar-refractivity contribution in [3.05, 3.63) is 137 Å². The molecule has 0 aliphatic carbocycles. The molecule has 188 valence electrons. The average Bonchev–Trinajstić information content (AvgIpc) is 2.91. The number of para-hydroxylation sites is 1. The predicted octanol–water partition coefficient (Wildman–Crippen LogP) is 8.32. The molecular formula is C34H36N2O. The Morgan fingerprint density at radius 1 is 0.676 bits per heavy atom. The van der Waals surface area contributed by atoms with Crippen LogP contribution in [0.2, 0.25) is 0 Å². The first-order chi connectivity index (χ1) is 18.0. The van der Waals surface area contributed by atoms with Crippen molar-refractivity contribution in [3.8, 4) is 0 Å². The fourth-order valence-electron chi connectivity index (χ4n) is 4.85. The van der Waals surface area contributed by atoms with Crippen LogP contribution in [0.1, 0.15) is 66.3 Å². The second-order valence-electron chi connectivity index (χ2n) is 9.81. The number of nitrogens with one attached hydrogen (secondary N) is 1. The maximum Gasteiger partial charge on any atom is 0.255 e. The molecule has 1 atom stereocenters. The Hall–Kier alpha value is -4.11. The monoisotopic (exact) mass is 488 g/mol. The molecule has 0 aliphatic rings. The lowest BCUT2D eigenvalue weighted by molar-refractivity contribution is 0.0642. The van der Waals surface area contributed by atoms with E-state index in [4.69, 9.17) is 0 Å². The highest BCUT2D eigenvalue weighted by molar-refractivity contribution is 6.01. The van der Waals surface area contributed by atoms with Crippen LogP contribution < -0.4 is 5.32 Å². The third-order valence-electron chi connectivity index (χ3n) is 6.47. The number of carbonyl (C=O) groups excluding carboxylic acids is 1. The number of rotatable bonds is 9. The van der Waals surface area contributed by atoms with E-state index in [0.29, 0.717) is 0 Å². The Labute approximate surface area is 221 Å². The van der Waals surface area contributed by atoms with E-state index in [1.54, 1.807) is 0 Å². The first-order valence-corrected chi connectivity index (χ1v) is 13.0. The van der Waals surface area contributed by atoms with Gasteiger partial charge in [-0.1, -0.05) is 109 Å². The van der Waals surface area contributed by atoms with Gasteiger partial charge in [-0.05, 0) is 62.1 Å². The molecule has 4 aromatic rings. The van der Waals surface area contributed by atoms with Gasteiger partial charge in [-0.15, -0.1) is 0 Å². The van der Waals surface area contributed by atoms with Crippen LogP contribution in [0.3, 0.4) is 0 Å². The normalized spacial score (nSPS) is 12.2. The summed E-state index contributed by atoms with van der Waals surface area (Å²) in [6.07, 6.45) is 4.14. The van der Waals surface area contributed by atoms with Crippen LogP contribution in [-0.4, -0.2) is 22.9 Å². The molecular weight excluding hydrogens is 452 g/mol. The van der Waals surface area contributed by atoms with E-state index in [9.17, 15) is 4.79 Å². The summed E-state index contributed by atoms with van der Waals surface area (Å²) >= 11 is 0. The molecule has 0 unspecified atom stereocenters. The molecule has 1 N–H and O–H groups in total.